The molecule has 0 saturated carbocycles. The van der Waals surface area contributed by atoms with E-state index in [0.717, 1.165) is 35.1 Å². The molecule has 0 amide bonds. The summed E-state index contributed by atoms with van der Waals surface area (Å²) in [6.07, 6.45) is 0.969. The van der Waals surface area contributed by atoms with Gasteiger partial charge in [0.1, 0.15) is 10.5 Å². The minimum Gasteiger partial charge on any atom is -0.383 e. The lowest BCUT2D eigenvalue weighted by atomic mass is 10.2. The molecule has 0 bridgehead atoms. The molecule has 9 heteroatoms. The zero-order valence-electron chi connectivity index (χ0n) is 16.7. The molecule has 30 heavy (non-hydrogen) atoms. The maximum Gasteiger partial charge on any atom is 0.191 e. The second-order valence-corrected chi connectivity index (χ2v) is 9.58. The van der Waals surface area contributed by atoms with E-state index in [-0.39, 0.29) is 0 Å². The first-order valence-corrected chi connectivity index (χ1v) is 12.3. The highest BCUT2D eigenvalue weighted by atomic mass is 32.2. The van der Waals surface area contributed by atoms with Gasteiger partial charge in [0, 0.05) is 30.8 Å². The minimum atomic E-state index is 0.490. The summed E-state index contributed by atoms with van der Waals surface area (Å²) in [6, 6.07) is 14.5. The number of rotatable bonds is 10. The molecule has 0 spiro atoms. The number of ether oxygens (including phenoxy) is 1. The van der Waals surface area contributed by atoms with Gasteiger partial charge in [-0.1, -0.05) is 59.5 Å². The van der Waals surface area contributed by atoms with Crippen molar-refractivity contribution in [2.24, 2.45) is 0 Å². The second kappa shape index (κ2) is 10.2. The number of thiophene rings is 1. The summed E-state index contributed by atoms with van der Waals surface area (Å²) in [5.74, 6) is 1.29. The quantitative estimate of drug-likeness (QED) is 0.273. The molecule has 0 fully saturated rings. The number of anilines is 2. The number of nitrogens with zero attached hydrogens (tertiary/aromatic N) is 4. The van der Waals surface area contributed by atoms with Gasteiger partial charge in [-0.3, -0.25) is 0 Å². The Labute approximate surface area is 188 Å². The molecule has 0 aliphatic rings. The molecular formula is C21H23N5OS3. The molecule has 4 aromatic rings. The van der Waals surface area contributed by atoms with E-state index in [1.54, 1.807) is 41.5 Å². The summed E-state index contributed by atoms with van der Waals surface area (Å²) in [5.41, 5.74) is 8.14. The molecular weight excluding hydrogens is 434 g/mol. The number of thiazole rings is 1. The molecule has 0 saturated heterocycles. The van der Waals surface area contributed by atoms with Crippen LogP contribution in [0, 0.1) is 0 Å². The molecule has 6 nitrogen and oxygen atoms in total. The Morgan fingerprint density at radius 2 is 1.93 bits per heavy atom. The molecule has 2 N–H and O–H groups in total. The summed E-state index contributed by atoms with van der Waals surface area (Å²) in [6.45, 7) is 2.27. The molecule has 4 rings (SSSR count). The summed E-state index contributed by atoms with van der Waals surface area (Å²) in [7, 11) is 1.72. The van der Waals surface area contributed by atoms with Gasteiger partial charge >= 0.3 is 0 Å². The summed E-state index contributed by atoms with van der Waals surface area (Å²) < 4.78 is 6.14. The fourth-order valence-corrected chi connectivity index (χ4v) is 5.40. The number of benzene rings is 1. The molecule has 0 aliphatic heterocycles. The van der Waals surface area contributed by atoms with Crippen LogP contribution in [0.2, 0.25) is 0 Å². The first-order valence-electron chi connectivity index (χ1n) is 9.60. The molecule has 0 aliphatic carbocycles. The Hall–Kier alpha value is -2.20. The van der Waals surface area contributed by atoms with Gasteiger partial charge in [0.2, 0.25) is 0 Å². The zero-order chi connectivity index (χ0) is 20.8. The molecule has 0 unspecified atom stereocenters. The Balaban J connectivity index is 1.52. The first-order chi connectivity index (χ1) is 14.7. The topological polar surface area (TPSA) is 77.2 Å². The Morgan fingerprint density at radius 1 is 1.07 bits per heavy atom. The summed E-state index contributed by atoms with van der Waals surface area (Å²) >= 11 is 4.90. The van der Waals surface area contributed by atoms with E-state index < -0.39 is 0 Å². The lowest BCUT2D eigenvalue weighted by Crippen LogP contribution is -2.29. The maximum atomic E-state index is 6.26. The number of fused-ring (bicyclic) bond motifs is 1. The van der Waals surface area contributed by atoms with Gasteiger partial charge in [0.25, 0.3) is 0 Å². The van der Waals surface area contributed by atoms with Gasteiger partial charge in [-0.2, -0.15) is 4.98 Å². The predicted octanol–water partition coefficient (Wildman–Crippen LogP) is 4.72. The van der Waals surface area contributed by atoms with Crippen LogP contribution in [0.15, 0.2) is 53.0 Å². The van der Waals surface area contributed by atoms with Crippen molar-refractivity contribution in [2.45, 2.75) is 17.3 Å². The SMILES string of the molecule is COCCN(CCc1cccs1)c1nc2nc(SCc3ccccc3)nc(N)c2s1. The Bertz CT molecular complexity index is 1070. The van der Waals surface area contributed by atoms with Gasteiger partial charge in [-0.15, -0.1) is 11.3 Å². The third kappa shape index (κ3) is 5.28. The monoisotopic (exact) mass is 457 g/mol. The first kappa shape index (κ1) is 21.0. The highest BCUT2D eigenvalue weighted by Crippen LogP contribution is 2.33. The van der Waals surface area contributed by atoms with Crippen LogP contribution >= 0.6 is 34.4 Å². The highest BCUT2D eigenvalue weighted by molar-refractivity contribution is 7.98. The van der Waals surface area contributed by atoms with E-state index in [2.05, 4.69) is 44.5 Å². The van der Waals surface area contributed by atoms with E-state index in [4.69, 9.17) is 15.5 Å². The molecule has 0 atom stereocenters. The van der Waals surface area contributed by atoms with Gasteiger partial charge in [0.05, 0.1) is 6.61 Å². The van der Waals surface area contributed by atoms with E-state index in [9.17, 15) is 0 Å². The predicted molar refractivity (Wildman–Crippen MR) is 128 cm³/mol. The Morgan fingerprint density at radius 3 is 2.70 bits per heavy atom. The number of methoxy groups -OCH3 is 1. The van der Waals surface area contributed by atoms with E-state index in [0.29, 0.717) is 23.2 Å². The number of hydrogen-bond acceptors (Lipinski definition) is 9. The smallest absolute Gasteiger partial charge is 0.191 e. The van der Waals surface area contributed by atoms with Crippen molar-refractivity contribution in [3.05, 3.63) is 58.3 Å². The van der Waals surface area contributed by atoms with Gasteiger partial charge < -0.3 is 15.4 Å². The van der Waals surface area contributed by atoms with Crippen molar-refractivity contribution >= 4 is 55.7 Å². The van der Waals surface area contributed by atoms with Crippen LogP contribution < -0.4 is 10.6 Å². The normalized spacial score (nSPS) is 11.2. The van der Waals surface area contributed by atoms with Crippen molar-refractivity contribution in [3.8, 4) is 0 Å². The molecule has 3 aromatic heterocycles. The third-order valence-corrected chi connectivity index (χ3v) is 7.49. The van der Waals surface area contributed by atoms with Crippen molar-refractivity contribution in [1.82, 2.24) is 15.0 Å². The number of thioether (sulfide) groups is 1. The van der Waals surface area contributed by atoms with Crippen LogP contribution in [0.1, 0.15) is 10.4 Å². The zero-order valence-corrected chi connectivity index (χ0v) is 19.1. The minimum absolute atomic E-state index is 0.490. The second-order valence-electron chi connectivity index (χ2n) is 6.62. The van der Waals surface area contributed by atoms with Gasteiger partial charge in [0.15, 0.2) is 15.9 Å². The number of nitrogen functional groups attached to an aromatic ring is 1. The van der Waals surface area contributed by atoms with Crippen molar-refractivity contribution in [1.29, 1.82) is 0 Å². The van der Waals surface area contributed by atoms with E-state index in [1.807, 2.05) is 18.2 Å². The van der Waals surface area contributed by atoms with E-state index in [1.165, 1.54) is 10.4 Å². The number of aromatic nitrogens is 3. The molecule has 156 valence electrons. The maximum absolute atomic E-state index is 6.26. The van der Waals surface area contributed by atoms with Gasteiger partial charge in [-0.05, 0) is 23.4 Å². The third-order valence-electron chi connectivity index (χ3n) is 4.50. The average molecular weight is 458 g/mol. The number of hydrogen-bond donors (Lipinski definition) is 1. The standard InChI is InChI=1S/C21H23N5OS3/c1-27-12-11-26(10-9-16-8-5-13-28-16)21-25-19-17(30-21)18(22)23-20(24-19)29-14-15-6-3-2-4-7-15/h2-8,13H,9-12,14H2,1H3,(H2,22,23,24). The van der Waals surface area contributed by atoms with Crippen LogP contribution in [0.25, 0.3) is 10.3 Å². The molecule has 0 radical (unpaired) electrons. The van der Waals surface area contributed by atoms with E-state index >= 15 is 0 Å². The van der Waals surface area contributed by atoms with Gasteiger partial charge in [-0.25, -0.2) is 9.97 Å². The molecule has 3 heterocycles. The lowest BCUT2D eigenvalue weighted by Gasteiger charge is -2.20. The fourth-order valence-electron chi connectivity index (χ4n) is 2.94. The highest BCUT2D eigenvalue weighted by Gasteiger charge is 2.17. The number of nitrogens with two attached hydrogens (primary N) is 1. The fraction of sp³-hybridized carbons (Fsp3) is 0.286. The average Bonchev–Trinajstić information content (AvgIpc) is 3.43. The van der Waals surface area contributed by atoms with Crippen molar-refractivity contribution in [3.63, 3.8) is 0 Å². The van der Waals surface area contributed by atoms with Crippen molar-refractivity contribution < 1.29 is 4.74 Å². The van der Waals surface area contributed by atoms with Crippen molar-refractivity contribution in [2.75, 3.05) is 37.4 Å². The largest absolute Gasteiger partial charge is 0.383 e. The summed E-state index contributed by atoms with van der Waals surface area (Å²) in [4.78, 5) is 17.5. The lowest BCUT2D eigenvalue weighted by molar-refractivity contribution is 0.205. The van der Waals surface area contributed by atoms with Crippen LogP contribution in [-0.2, 0) is 16.9 Å². The van der Waals surface area contributed by atoms with Crippen LogP contribution in [0.4, 0.5) is 10.9 Å². The molecule has 1 aromatic carbocycles. The van der Waals surface area contributed by atoms with Crippen LogP contribution in [-0.4, -0.2) is 41.8 Å². The summed E-state index contributed by atoms with van der Waals surface area (Å²) in [5, 5.41) is 3.67. The Kier molecular flexibility index (Phi) is 7.16. The van der Waals surface area contributed by atoms with Crippen LogP contribution in [0.3, 0.4) is 0 Å². The van der Waals surface area contributed by atoms with Crippen LogP contribution in [0.5, 0.6) is 0 Å².